The molecule has 2 amide bonds. The number of fused-ring (bicyclic) bond motifs is 1. The van der Waals surface area contributed by atoms with Crippen LogP contribution in [0.4, 0.5) is 5.69 Å². The minimum atomic E-state index is -0.339. The number of halogens is 1. The molecule has 0 saturated heterocycles. The summed E-state index contributed by atoms with van der Waals surface area (Å²) in [6.45, 7) is 2.22. The summed E-state index contributed by atoms with van der Waals surface area (Å²) in [7, 11) is 0. The second-order valence-electron chi connectivity index (χ2n) is 8.80. The maximum absolute atomic E-state index is 13.2. The van der Waals surface area contributed by atoms with Crippen molar-refractivity contribution in [2.45, 2.75) is 39.2 Å². The van der Waals surface area contributed by atoms with E-state index in [-0.39, 0.29) is 17.7 Å². The zero-order chi connectivity index (χ0) is 24.4. The van der Waals surface area contributed by atoms with Gasteiger partial charge in [-0.2, -0.15) is 10.2 Å². The molecule has 1 fully saturated rings. The number of rotatable bonds is 6. The Kier molecular flexibility index (Phi) is 6.46. The third kappa shape index (κ3) is 4.88. The lowest BCUT2D eigenvalue weighted by Gasteiger charge is -2.12. The summed E-state index contributed by atoms with van der Waals surface area (Å²) in [5.74, 6) is 0.418. The van der Waals surface area contributed by atoms with Crippen LogP contribution in [0, 0.1) is 12.8 Å². The number of nitrogens with one attached hydrogen (secondary N) is 2. The number of hydrogen-bond donors (Lipinski definition) is 2. The normalized spacial score (nSPS) is 13.8. The number of carbonyl (C=O) groups excluding carboxylic acids is 2. The molecule has 178 valence electrons. The fourth-order valence-corrected chi connectivity index (χ4v) is 4.62. The largest absolute Gasteiger partial charge is 0.352 e. The highest BCUT2D eigenvalue weighted by Crippen LogP contribution is 2.27. The number of hydrogen-bond acceptors (Lipinski definition) is 5. The Bertz CT molecular complexity index is 1390. The second-order valence-corrected chi connectivity index (χ2v) is 9.20. The first-order valence-corrected chi connectivity index (χ1v) is 12.0. The van der Waals surface area contributed by atoms with Crippen molar-refractivity contribution in [1.82, 2.24) is 25.3 Å². The van der Waals surface area contributed by atoms with Gasteiger partial charge in [-0.05, 0) is 61.7 Å². The predicted molar refractivity (Wildman–Crippen MR) is 135 cm³/mol. The average Bonchev–Trinajstić information content (AvgIpc) is 3.55. The first-order valence-electron chi connectivity index (χ1n) is 11.6. The third-order valence-electron chi connectivity index (χ3n) is 6.33. The van der Waals surface area contributed by atoms with Crippen molar-refractivity contribution in [3.05, 3.63) is 76.6 Å². The minimum Gasteiger partial charge on any atom is -0.352 e. The molecule has 8 nitrogen and oxygen atoms in total. The van der Waals surface area contributed by atoms with Gasteiger partial charge in [0.2, 0.25) is 5.91 Å². The van der Waals surface area contributed by atoms with Crippen molar-refractivity contribution < 1.29 is 9.59 Å². The molecule has 9 heteroatoms. The lowest BCUT2D eigenvalue weighted by Crippen LogP contribution is -2.28. The highest BCUT2D eigenvalue weighted by atomic mass is 35.5. The zero-order valence-electron chi connectivity index (χ0n) is 19.3. The smallest absolute Gasteiger partial charge is 0.257 e. The van der Waals surface area contributed by atoms with Gasteiger partial charge in [0.25, 0.3) is 5.91 Å². The Morgan fingerprint density at radius 3 is 2.69 bits per heavy atom. The summed E-state index contributed by atoms with van der Waals surface area (Å²) in [4.78, 5) is 25.5. The van der Waals surface area contributed by atoms with E-state index in [1.807, 2.05) is 43.3 Å². The van der Waals surface area contributed by atoms with Crippen molar-refractivity contribution in [3.8, 4) is 5.82 Å². The first-order chi connectivity index (χ1) is 17.0. The first kappa shape index (κ1) is 23.0. The highest BCUT2D eigenvalue weighted by Gasteiger charge is 2.22. The van der Waals surface area contributed by atoms with E-state index in [2.05, 4.69) is 25.9 Å². The Hall–Kier alpha value is -3.78. The van der Waals surface area contributed by atoms with Crippen molar-refractivity contribution in [3.63, 3.8) is 0 Å². The second kappa shape index (κ2) is 9.84. The van der Waals surface area contributed by atoms with Gasteiger partial charge < -0.3 is 10.6 Å². The summed E-state index contributed by atoms with van der Waals surface area (Å²) in [6.07, 6.45) is 5.78. The standard InChI is InChI=1S/C26H25ClN6O2/c1-16-9-12-24(32-31-16)33-23-8-4-7-22(20(23)15-29-33)30-26(35)19-13-17(10-11-21(19)27)14-28-25(34)18-5-2-3-6-18/h4,7-13,15,18H,2-3,5-6,14H2,1H3,(H,28,34)(H,30,35). The molecule has 0 atom stereocenters. The van der Waals surface area contributed by atoms with Gasteiger partial charge in [-0.1, -0.05) is 36.6 Å². The monoisotopic (exact) mass is 488 g/mol. The number of aromatic nitrogens is 4. The van der Waals surface area contributed by atoms with Gasteiger partial charge in [-0.3, -0.25) is 9.59 Å². The van der Waals surface area contributed by atoms with E-state index in [9.17, 15) is 9.59 Å². The van der Waals surface area contributed by atoms with E-state index in [1.54, 1.807) is 23.0 Å². The Balaban J connectivity index is 1.34. The summed E-state index contributed by atoms with van der Waals surface area (Å²) in [6, 6.07) is 14.5. The quantitative estimate of drug-likeness (QED) is 0.404. The van der Waals surface area contributed by atoms with E-state index < -0.39 is 0 Å². The predicted octanol–water partition coefficient (Wildman–Crippen LogP) is 4.84. The Morgan fingerprint density at radius 1 is 1.09 bits per heavy atom. The molecule has 2 aromatic heterocycles. The number of aryl methyl sites for hydroxylation is 1. The van der Waals surface area contributed by atoms with Crippen LogP contribution in [-0.2, 0) is 11.3 Å². The van der Waals surface area contributed by atoms with E-state index >= 15 is 0 Å². The molecule has 1 aliphatic rings. The van der Waals surface area contributed by atoms with Crippen LogP contribution in [0.5, 0.6) is 0 Å². The topological polar surface area (TPSA) is 102 Å². The summed E-state index contributed by atoms with van der Waals surface area (Å²) >= 11 is 6.36. The van der Waals surface area contributed by atoms with Crippen molar-refractivity contribution >= 4 is 40.0 Å². The van der Waals surface area contributed by atoms with Crippen LogP contribution in [0.25, 0.3) is 16.7 Å². The van der Waals surface area contributed by atoms with Crippen LogP contribution < -0.4 is 10.6 Å². The fraction of sp³-hybridized carbons (Fsp3) is 0.269. The molecule has 0 unspecified atom stereocenters. The average molecular weight is 489 g/mol. The van der Waals surface area contributed by atoms with Gasteiger partial charge in [0.1, 0.15) is 0 Å². The molecule has 35 heavy (non-hydrogen) atoms. The number of amides is 2. The van der Waals surface area contributed by atoms with Gasteiger partial charge in [0.15, 0.2) is 5.82 Å². The maximum atomic E-state index is 13.2. The van der Waals surface area contributed by atoms with Crippen LogP contribution in [0.15, 0.2) is 54.7 Å². The van der Waals surface area contributed by atoms with E-state index in [0.29, 0.717) is 28.6 Å². The Morgan fingerprint density at radius 2 is 1.91 bits per heavy atom. The van der Waals surface area contributed by atoms with Crippen LogP contribution in [-0.4, -0.2) is 31.8 Å². The molecule has 2 heterocycles. The van der Waals surface area contributed by atoms with Crippen molar-refractivity contribution in [2.75, 3.05) is 5.32 Å². The molecular formula is C26H25ClN6O2. The SMILES string of the molecule is Cc1ccc(-n2ncc3c(NC(=O)c4cc(CNC(=O)C5CCCC5)ccc4Cl)cccc32)nn1. The van der Waals surface area contributed by atoms with E-state index in [1.165, 1.54) is 0 Å². The van der Waals surface area contributed by atoms with Gasteiger partial charge in [-0.25, -0.2) is 4.68 Å². The van der Waals surface area contributed by atoms with Gasteiger partial charge in [-0.15, -0.1) is 5.10 Å². The highest BCUT2D eigenvalue weighted by molar-refractivity contribution is 6.34. The van der Waals surface area contributed by atoms with Crippen LogP contribution in [0.3, 0.4) is 0 Å². The van der Waals surface area contributed by atoms with E-state index in [4.69, 9.17) is 11.6 Å². The molecule has 1 aliphatic carbocycles. The molecule has 0 spiro atoms. The fourth-order valence-electron chi connectivity index (χ4n) is 4.42. The van der Waals surface area contributed by atoms with Crippen LogP contribution in [0.1, 0.15) is 47.3 Å². The minimum absolute atomic E-state index is 0.0745. The summed E-state index contributed by atoms with van der Waals surface area (Å²) in [5.41, 5.74) is 3.36. The summed E-state index contributed by atoms with van der Waals surface area (Å²) < 4.78 is 1.68. The lowest BCUT2D eigenvalue weighted by atomic mass is 10.1. The molecule has 0 aliphatic heterocycles. The molecule has 0 bridgehead atoms. The van der Waals surface area contributed by atoms with Gasteiger partial charge in [0, 0.05) is 17.8 Å². The van der Waals surface area contributed by atoms with Crippen molar-refractivity contribution in [1.29, 1.82) is 0 Å². The molecule has 2 N–H and O–H groups in total. The molecular weight excluding hydrogens is 464 g/mol. The summed E-state index contributed by atoms with van der Waals surface area (Å²) in [5, 5.41) is 19.8. The lowest BCUT2D eigenvalue weighted by molar-refractivity contribution is -0.124. The molecule has 0 radical (unpaired) electrons. The molecule has 5 rings (SSSR count). The van der Waals surface area contributed by atoms with Crippen LogP contribution >= 0.6 is 11.6 Å². The number of nitrogens with zero attached hydrogens (tertiary/aromatic N) is 4. The maximum Gasteiger partial charge on any atom is 0.257 e. The van der Waals surface area contributed by atoms with Crippen LogP contribution in [0.2, 0.25) is 5.02 Å². The Labute approximate surface area is 207 Å². The van der Waals surface area contributed by atoms with E-state index in [0.717, 1.165) is 47.8 Å². The van der Waals surface area contributed by atoms with Gasteiger partial charge >= 0.3 is 0 Å². The van der Waals surface area contributed by atoms with Crippen molar-refractivity contribution in [2.24, 2.45) is 5.92 Å². The number of carbonyl (C=O) groups is 2. The molecule has 4 aromatic rings. The van der Waals surface area contributed by atoms with Gasteiger partial charge in [0.05, 0.1) is 33.7 Å². The zero-order valence-corrected chi connectivity index (χ0v) is 20.0. The third-order valence-corrected chi connectivity index (χ3v) is 6.66. The number of anilines is 1. The molecule has 1 saturated carbocycles. The number of benzene rings is 2. The molecule has 2 aromatic carbocycles.